The number of rotatable bonds is 3. The number of nitrogens with two attached hydrogens (primary N) is 1. The van der Waals surface area contributed by atoms with Crippen LogP contribution in [0.15, 0.2) is 37.2 Å². The first-order valence-electron chi connectivity index (χ1n) is 5.51. The fraction of sp³-hybridized carbons (Fsp3) is 0.0714. The second-order valence-electron chi connectivity index (χ2n) is 3.96. The highest BCUT2D eigenvalue weighted by atomic mass is 14.7. The summed E-state index contributed by atoms with van der Waals surface area (Å²) in [6.45, 7) is 5.52. The molecule has 0 unspecified atom stereocenters. The van der Waals surface area contributed by atoms with Crippen LogP contribution in [0.3, 0.4) is 0 Å². The van der Waals surface area contributed by atoms with Gasteiger partial charge in [0.05, 0.1) is 11.4 Å². The molecule has 0 aliphatic rings. The number of nitrogen functional groups attached to an aromatic ring is 1. The molecule has 2 aromatic rings. The van der Waals surface area contributed by atoms with E-state index in [1.807, 2.05) is 13.0 Å². The van der Waals surface area contributed by atoms with E-state index in [2.05, 4.69) is 16.5 Å². The molecule has 3 N–H and O–H groups in total. The Morgan fingerprint density at radius 2 is 2.17 bits per heavy atom. The molecule has 0 bridgehead atoms. The van der Waals surface area contributed by atoms with Gasteiger partial charge in [0.25, 0.3) is 0 Å². The predicted octanol–water partition coefficient (Wildman–Crippen LogP) is 2.43. The van der Waals surface area contributed by atoms with Gasteiger partial charge < -0.3 is 5.73 Å². The van der Waals surface area contributed by atoms with Gasteiger partial charge in [0.1, 0.15) is 0 Å². The Balaban J connectivity index is 2.43. The first kappa shape index (κ1) is 12.0. The molecule has 0 radical (unpaired) electrons. The molecule has 0 aromatic carbocycles. The van der Waals surface area contributed by atoms with E-state index in [1.165, 1.54) is 0 Å². The van der Waals surface area contributed by atoms with E-state index in [-0.39, 0.29) is 0 Å². The number of hydrogen-bond acceptors (Lipinski definition) is 4. The van der Waals surface area contributed by atoms with Gasteiger partial charge in [-0.15, -0.1) is 0 Å². The van der Waals surface area contributed by atoms with Crippen LogP contribution in [0.5, 0.6) is 0 Å². The Bertz CT molecular complexity index is 617. The lowest BCUT2D eigenvalue weighted by molar-refractivity contribution is 1.19. The zero-order valence-electron chi connectivity index (χ0n) is 10.1. The summed E-state index contributed by atoms with van der Waals surface area (Å²) in [5.41, 5.74) is 9.77. The Labute approximate surface area is 106 Å². The van der Waals surface area contributed by atoms with Crippen molar-refractivity contribution >= 4 is 17.5 Å². The molecule has 0 saturated heterocycles. The standard InChI is InChI=1S/C14H14N4/c1-3-11-7-13(15)12(8-18-11)14(16)10-4-5-17-9(2)6-10/h3-8,16H,1H2,2H3,(H2,15,18). The van der Waals surface area contributed by atoms with Gasteiger partial charge in [-0.3, -0.25) is 15.4 Å². The SMILES string of the molecule is C=Cc1cc(N)c(C(=N)c2ccnc(C)c2)cn1. The normalized spacial score (nSPS) is 10.1. The lowest BCUT2D eigenvalue weighted by Gasteiger charge is -2.08. The second-order valence-corrected chi connectivity index (χ2v) is 3.96. The summed E-state index contributed by atoms with van der Waals surface area (Å²) in [6.07, 6.45) is 4.91. The average Bonchev–Trinajstić information content (AvgIpc) is 2.37. The van der Waals surface area contributed by atoms with Gasteiger partial charge in [-0.2, -0.15) is 0 Å². The van der Waals surface area contributed by atoms with E-state index in [4.69, 9.17) is 11.1 Å². The third-order valence-electron chi connectivity index (χ3n) is 2.62. The van der Waals surface area contributed by atoms with Gasteiger partial charge >= 0.3 is 0 Å². The average molecular weight is 238 g/mol. The summed E-state index contributed by atoms with van der Waals surface area (Å²) in [6, 6.07) is 5.35. The van der Waals surface area contributed by atoms with E-state index in [1.54, 1.807) is 30.6 Å². The number of hydrogen-bond donors (Lipinski definition) is 2. The number of nitrogens with zero attached hydrogens (tertiary/aromatic N) is 2. The van der Waals surface area contributed by atoms with Crippen LogP contribution in [0.2, 0.25) is 0 Å². The van der Waals surface area contributed by atoms with Crippen molar-refractivity contribution in [2.24, 2.45) is 0 Å². The van der Waals surface area contributed by atoms with Crippen LogP contribution in [-0.4, -0.2) is 15.7 Å². The molecule has 0 fully saturated rings. The zero-order valence-corrected chi connectivity index (χ0v) is 10.1. The lowest BCUT2D eigenvalue weighted by Crippen LogP contribution is -2.07. The van der Waals surface area contributed by atoms with Crippen LogP contribution < -0.4 is 5.73 Å². The van der Waals surface area contributed by atoms with Crippen LogP contribution in [0.1, 0.15) is 22.5 Å². The summed E-state index contributed by atoms with van der Waals surface area (Å²) in [5.74, 6) is 0. The predicted molar refractivity (Wildman–Crippen MR) is 73.6 cm³/mol. The third-order valence-corrected chi connectivity index (χ3v) is 2.62. The van der Waals surface area contributed by atoms with Crippen LogP contribution in [0.4, 0.5) is 5.69 Å². The van der Waals surface area contributed by atoms with E-state index in [0.717, 1.165) is 11.3 Å². The molecule has 0 spiro atoms. The smallest absolute Gasteiger partial charge is 0.0722 e. The first-order chi connectivity index (χ1) is 8.61. The van der Waals surface area contributed by atoms with Crippen molar-refractivity contribution in [2.75, 3.05) is 5.73 Å². The van der Waals surface area contributed by atoms with Gasteiger partial charge in [-0.1, -0.05) is 6.58 Å². The van der Waals surface area contributed by atoms with Gasteiger partial charge in [0.2, 0.25) is 0 Å². The number of aryl methyl sites for hydroxylation is 1. The minimum absolute atomic E-state index is 0.348. The van der Waals surface area contributed by atoms with E-state index < -0.39 is 0 Å². The topological polar surface area (TPSA) is 75.7 Å². The molecule has 2 rings (SSSR count). The summed E-state index contributed by atoms with van der Waals surface area (Å²) in [5, 5.41) is 8.16. The fourth-order valence-corrected chi connectivity index (χ4v) is 1.67. The van der Waals surface area contributed by atoms with Crippen molar-refractivity contribution in [1.29, 1.82) is 5.41 Å². The maximum absolute atomic E-state index is 8.16. The van der Waals surface area contributed by atoms with Crippen molar-refractivity contribution < 1.29 is 0 Å². The monoisotopic (exact) mass is 238 g/mol. The molecule has 18 heavy (non-hydrogen) atoms. The molecule has 0 atom stereocenters. The summed E-state index contributed by atoms with van der Waals surface area (Å²) in [7, 11) is 0. The maximum atomic E-state index is 8.16. The van der Waals surface area contributed by atoms with E-state index >= 15 is 0 Å². The molecule has 2 heterocycles. The van der Waals surface area contributed by atoms with Gasteiger partial charge in [0, 0.05) is 34.9 Å². The van der Waals surface area contributed by atoms with Crippen LogP contribution in [-0.2, 0) is 0 Å². The largest absolute Gasteiger partial charge is 0.398 e. The quantitative estimate of drug-likeness (QED) is 0.806. The highest BCUT2D eigenvalue weighted by molar-refractivity contribution is 6.13. The van der Waals surface area contributed by atoms with Crippen molar-refractivity contribution in [1.82, 2.24) is 9.97 Å². The summed E-state index contributed by atoms with van der Waals surface area (Å²) >= 11 is 0. The number of aromatic nitrogens is 2. The number of pyridine rings is 2. The molecule has 2 aromatic heterocycles. The molecule has 90 valence electrons. The van der Waals surface area contributed by atoms with Gasteiger partial charge in [-0.05, 0) is 31.2 Å². The highest BCUT2D eigenvalue weighted by Gasteiger charge is 2.09. The van der Waals surface area contributed by atoms with Crippen molar-refractivity contribution in [2.45, 2.75) is 6.92 Å². The van der Waals surface area contributed by atoms with Gasteiger partial charge in [-0.25, -0.2) is 0 Å². The van der Waals surface area contributed by atoms with Crippen molar-refractivity contribution in [3.63, 3.8) is 0 Å². The second kappa shape index (κ2) is 4.79. The molecule has 0 amide bonds. The molecule has 0 saturated carbocycles. The Hall–Kier alpha value is -2.49. The van der Waals surface area contributed by atoms with Crippen LogP contribution >= 0.6 is 0 Å². The Morgan fingerprint density at radius 3 is 2.78 bits per heavy atom. The number of nitrogens with one attached hydrogen (secondary N) is 1. The van der Waals surface area contributed by atoms with E-state index in [0.29, 0.717) is 22.7 Å². The minimum Gasteiger partial charge on any atom is -0.398 e. The van der Waals surface area contributed by atoms with Crippen molar-refractivity contribution in [3.05, 3.63) is 59.7 Å². The molecular weight excluding hydrogens is 224 g/mol. The fourth-order valence-electron chi connectivity index (χ4n) is 1.67. The van der Waals surface area contributed by atoms with Crippen LogP contribution in [0, 0.1) is 12.3 Å². The maximum Gasteiger partial charge on any atom is 0.0722 e. The summed E-state index contributed by atoms with van der Waals surface area (Å²) < 4.78 is 0. The Kier molecular flexibility index (Phi) is 3.19. The first-order valence-corrected chi connectivity index (χ1v) is 5.51. The molecule has 0 aliphatic carbocycles. The zero-order chi connectivity index (χ0) is 13.1. The Morgan fingerprint density at radius 1 is 1.39 bits per heavy atom. The molecule has 4 nitrogen and oxygen atoms in total. The molecular formula is C14H14N4. The minimum atomic E-state index is 0.348. The van der Waals surface area contributed by atoms with E-state index in [9.17, 15) is 0 Å². The molecule has 4 heteroatoms. The number of anilines is 1. The van der Waals surface area contributed by atoms with Crippen LogP contribution in [0.25, 0.3) is 6.08 Å². The highest BCUT2D eigenvalue weighted by Crippen LogP contribution is 2.17. The van der Waals surface area contributed by atoms with Crippen molar-refractivity contribution in [3.8, 4) is 0 Å². The summed E-state index contributed by atoms with van der Waals surface area (Å²) in [4.78, 5) is 8.28. The lowest BCUT2D eigenvalue weighted by atomic mass is 10.0. The third kappa shape index (κ3) is 2.27. The van der Waals surface area contributed by atoms with Gasteiger partial charge in [0.15, 0.2) is 0 Å². The molecule has 0 aliphatic heterocycles.